The van der Waals surface area contributed by atoms with E-state index in [1.807, 2.05) is 41.3 Å². The summed E-state index contributed by atoms with van der Waals surface area (Å²) in [7, 11) is 0. The number of hydrogen-bond donors (Lipinski definition) is 1. The minimum Gasteiger partial charge on any atom is -0.491 e. The molecule has 2 amide bonds. The van der Waals surface area contributed by atoms with Crippen LogP contribution in [0.15, 0.2) is 48.5 Å². The van der Waals surface area contributed by atoms with E-state index in [0.29, 0.717) is 24.3 Å². The van der Waals surface area contributed by atoms with Crippen molar-refractivity contribution in [2.24, 2.45) is 0 Å². The largest absolute Gasteiger partial charge is 0.491 e. The van der Waals surface area contributed by atoms with Crippen molar-refractivity contribution in [3.63, 3.8) is 0 Å². The Morgan fingerprint density at radius 1 is 0.935 bits per heavy atom. The molecule has 2 aromatic rings. The minimum absolute atomic E-state index is 0.0945. The van der Waals surface area contributed by atoms with Crippen molar-refractivity contribution < 1.29 is 19.1 Å². The van der Waals surface area contributed by atoms with E-state index in [9.17, 15) is 9.59 Å². The molecule has 164 valence electrons. The molecule has 31 heavy (non-hydrogen) atoms. The summed E-state index contributed by atoms with van der Waals surface area (Å²) in [5, 5.41) is 2.93. The Bertz CT molecular complexity index is 867. The van der Waals surface area contributed by atoms with Crippen molar-refractivity contribution in [1.82, 2.24) is 10.2 Å². The lowest BCUT2D eigenvalue weighted by molar-refractivity contribution is 0.0679. The van der Waals surface area contributed by atoms with Crippen molar-refractivity contribution >= 4 is 11.8 Å². The van der Waals surface area contributed by atoms with Gasteiger partial charge in [-0.05, 0) is 74.1 Å². The number of hydrogen-bond acceptors (Lipinski definition) is 4. The van der Waals surface area contributed by atoms with E-state index < -0.39 is 0 Å². The fourth-order valence-corrected chi connectivity index (χ4v) is 4.00. The van der Waals surface area contributed by atoms with E-state index in [1.165, 1.54) is 6.42 Å². The lowest BCUT2D eigenvalue weighted by Gasteiger charge is -2.26. The summed E-state index contributed by atoms with van der Waals surface area (Å²) in [4.78, 5) is 26.9. The normalized spacial score (nSPS) is 18.6. The Morgan fingerprint density at radius 3 is 2.32 bits per heavy atom. The molecule has 1 N–H and O–H groups in total. The van der Waals surface area contributed by atoms with E-state index in [1.54, 1.807) is 12.1 Å². The fraction of sp³-hybridized carbons (Fsp3) is 0.440. The van der Waals surface area contributed by atoms with E-state index in [0.717, 1.165) is 56.7 Å². The predicted octanol–water partition coefficient (Wildman–Crippen LogP) is 3.80. The topological polar surface area (TPSA) is 67.9 Å². The first kappa shape index (κ1) is 21.4. The van der Waals surface area contributed by atoms with E-state index >= 15 is 0 Å². The molecule has 2 saturated heterocycles. The first-order valence-corrected chi connectivity index (χ1v) is 11.2. The number of carbonyl (C=O) groups excluding carboxylic acids is 2. The molecule has 2 heterocycles. The third kappa shape index (κ3) is 5.85. The fourth-order valence-electron chi connectivity index (χ4n) is 4.00. The lowest BCUT2D eigenvalue weighted by Crippen LogP contribution is -2.35. The monoisotopic (exact) mass is 422 g/mol. The molecular formula is C25H30N2O4. The number of nitrogens with zero attached hydrogens (tertiary/aromatic N) is 1. The zero-order valence-electron chi connectivity index (χ0n) is 17.8. The van der Waals surface area contributed by atoms with Crippen molar-refractivity contribution in [1.29, 1.82) is 0 Å². The Labute approximate surface area is 183 Å². The van der Waals surface area contributed by atoms with Crippen LogP contribution in [0, 0.1) is 0 Å². The number of amides is 2. The van der Waals surface area contributed by atoms with Gasteiger partial charge in [0.25, 0.3) is 11.8 Å². The second-order valence-electron chi connectivity index (χ2n) is 8.20. The SMILES string of the molecule is O=C(NCc1ccc(C(=O)N2CCCCC2)cc1)c1ccc(OC[C@@H]2CCCO2)cc1. The van der Waals surface area contributed by atoms with Gasteiger partial charge in [0, 0.05) is 37.4 Å². The van der Waals surface area contributed by atoms with E-state index in [4.69, 9.17) is 9.47 Å². The van der Waals surface area contributed by atoms with Gasteiger partial charge in [-0.1, -0.05) is 12.1 Å². The quantitative estimate of drug-likeness (QED) is 0.737. The highest BCUT2D eigenvalue weighted by Crippen LogP contribution is 2.17. The summed E-state index contributed by atoms with van der Waals surface area (Å²) in [6.45, 7) is 3.45. The first-order valence-electron chi connectivity index (χ1n) is 11.2. The molecule has 2 fully saturated rings. The van der Waals surface area contributed by atoms with E-state index in [2.05, 4.69) is 5.32 Å². The molecule has 0 bridgehead atoms. The summed E-state index contributed by atoms with van der Waals surface area (Å²) >= 11 is 0. The van der Waals surface area contributed by atoms with Crippen LogP contribution in [-0.2, 0) is 11.3 Å². The molecule has 0 radical (unpaired) electrons. The molecule has 2 aliphatic heterocycles. The van der Waals surface area contributed by atoms with Crippen LogP contribution in [0.5, 0.6) is 5.75 Å². The molecule has 4 rings (SSSR count). The third-order valence-electron chi connectivity index (χ3n) is 5.87. The first-order chi connectivity index (χ1) is 15.2. The van der Waals surface area contributed by atoms with Crippen LogP contribution in [-0.4, -0.2) is 49.1 Å². The predicted molar refractivity (Wildman–Crippen MR) is 118 cm³/mol. The lowest BCUT2D eigenvalue weighted by atomic mass is 10.1. The molecule has 1 atom stereocenters. The van der Waals surface area contributed by atoms with Gasteiger partial charge in [-0.3, -0.25) is 9.59 Å². The maximum Gasteiger partial charge on any atom is 0.253 e. The van der Waals surface area contributed by atoms with Gasteiger partial charge in [0.2, 0.25) is 0 Å². The van der Waals surface area contributed by atoms with Crippen molar-refractivity contribution in [3.05, 3.63) is 65.2 Å². The molecule has 0 aromatic heterocycles. The highest BCUT2D eigenvalue weighted by atomic mass is 16.5. The molecule has 2 aromatic carbocycles. The average Bonchev–Trinajstić information content (AvgIpc) is 3.36. The van der Waals surface area contributed by atoms with Crippen LogP contribution >= 0.6 is 0 Å². The van der Waals surface area contributed by atoms with Gasteiger partial charge < -0.3 is 19.7 Å². The van der Waals surface area contributed by atoms with Crippen molar-refractivity contribution in [2.75, 3.05) is 26.3 Å². The molecule has 0 aliphatic carbocycles. The van der Waals surface area contributed by atoms with Gasteiger partial charge in [0.05, 0.1) is 6.10 Å². The summed E-state index contributed by atoms with van der Waals surface area (Å²) in [6, 6.07) is 14.6. The zero-order valence-corrected chi connectivity index (χ0v) is 17.8. The molecule has 0 spiro atoms. The highest BCUT2D eigenvalue weighted by molar-refractivity contribution is 5.95. The molecular weight excluding hydrogens is 392 g/mol. The summed E-state index contributed by atoms with van der Waals surface area (Å²) in [5.41, 5.74) is 2.25. The Hall–Kier alpha value is -2.86. The van der Waals surface area contributed by atoms with Gasteiger partial charge in [0.15, 0.2) is 0 Å². The highest BCUT2D eigenvalue weighted by Gasteiger charge is 2.18. The number of likely N-dealkylation sites (tertiary alicyclic amines) is 1. The van der Waals surface area contributed by atoms with Crippen molar-refractivity contribution in [3.8, 4) is 5.75 Å². The van der Waals surface area contributed by atoms with Gasteiger partial charge in [-0.2, -0.15) is 0 Å². The molecule has 6 nitrogen and oxygen atoms in total. The molecule has 0 saturated carbocycles. The standard InChI is InChI=1S/C25H30N2O4/c28-24(20-10-12-22(13-11-20)31-18-23-5-4-16-30-23)26-17-19-6-8-21(9-7-19)25(29)27-14-2-1-3-15-27/h6-13,23H,1-5,14-18H2,(H,26,28)/t23-/m0/s1. The van der Waals surface area contributed by atoms with Gasteiger partial charge in [-0.25, -0.2) is 0 Å². The van der Waals surface area contributed by atoms with E-state index in [-0.39, 0.29) is 17.9 Å². The second-order valence-corrected chi connectivity index (χ2v) is 8.20. The zero-order chi connectivity index (χ0) is 21.5. The van der Waals surface area contributed by atoms with Crippen LogP contribution in [0.3, 0.4) is 0 Å². The van der Waals surface area contributed by atoms with Crippen LogP contribution in [0.25, 0.3) is 0 Å². The molecule has 6 heteroatoms. The Morgan fingerprint density at radius 2 is 1.65 bits per heavy atom. The van der Waals surface area contributed by atoms with Gasteiger partial charge in [-0.15, -0.1) is 0 Å². The van der Waals surface area contributed by atoms with Crippen LogP contribution in [0.4, 0.5) is 0 Å². The molecule has 2 aliphatic rings. The average molecular weight is 423 g/mol. The minimum atomic E-state index is -0.140. The van der Waals surface area contributed by atoms with Crippen molar-refractivity contribution in [2.45, 2.75) is 44.8 Å². The summed E-state index contributed by atoms with van der Waals surface area (Å²) in [6.07, 6.45) is 5.66. The number of ether oxygens (including phenoxy) is 2. The smallest absolute Gasteiger partial charge is 0.253 e. The van der Waals surface area contributed by atoms with Gasteiger partial charge >= 0.3 is 0 Å². The maximum absolute atomic E-state index is 12.5. The number of rotatable bonds is 7. The maximum atomic E-state index is 12.5. The Kier molecular flexibility index (Phi) is 7.20. The summed E-state index contributed by atoms with van der Waals surface area (Å²) < 4.78 is 11.3. The number of piperidine rings is 1. The summed E-state index contributed by atoms with van der Waals surface area (Å²) in [5.74, 6) is 0.692. The molecule has 0 unspecified atom stereocenters. The Balaban J connectivity index is 1.24. The number of nitrogens with one attached hydrogen (secondary N) is 1. The van der Waals surface area contributed by atoms with Gasteiger partial charge in [0.1, 0.15) is 12.4 Å². The van der Waals surface area contributed by atoms with Crippen LogP contribution < -0.4 is 10.1 Å². The van der Waals surface area contributed by atoms with Crippen LogP contribution in [0.1, 0.15) is 58.4 Å². The third-order valence-corrected chi connectivity index (χ3v) is 5.87. The second kappa shape index (κ2) is 10.4. The number of carbonyl (C=O) groups is 2. The number of benzene rings is 2. The van der Waals surface area contributed by atoms with Crippen LogP contribution in [0.2, 0.25) is 0 Å².